The van der Waals surface area contributed by atoms with Crippen molar-refractivity contribution in [1.82, 2.24) is 0 Å². The Morgan fingerprint density at radius 2 is 2.08 bits per heavy atom. The van der Waals surface area contributed by atoms with Gasteiger partial charge in [0.05, 0.1) is 0 Å². The van der Waals surface area contributed by atoms with E-state index in [0.717, 1.165) is 31.0 Å². The van der Waals surface area contributed by atoms with Crippen molar-refractivity contribution < 1.29 is 4.79 Å². The van der Waals surface area contributed by atoms with Crippen molar-refractivity contribution in [3.63, 3.8) is 0 Å². The summed E-state index contributed by atoms with van der Waals surface area (Å²) in [4.78, 5) is 11.5. The number of unbranched alkanes of at least 4 members (excludes halogenated alkanes) is 1. The summed E-state index contributed by atoms with van der Waals surface area (Å²) in [5, 5.41) is 1.07. The Kier molecular flexibility index (Phi) is 3.76. The predicted octanol–water partition coefficient (Wildman–Crippen LogP) is 3.31. The summed E-state index contributed by atoms with van der Waals surface area (Å²) in [6, 6.07) is 0. The van der Waals surface area contributed by atoms with Crippen LogP contribution < -0.4 is 0 Å². The van der Waals surface area contributed by atoms with E-state index in [2.05, 4.69) is 15.9 Å². The molecule has 0 bridgehead atoms. The van der Waals surface area contributed by atoms with Gasteiger partial charge in [-0.2, -0.15) is 0 Å². The smallest absolute Gasteiger partial charge is 0.138 e. The van der Waals surface area contributed by atoms with Crippen molar-refractivity contribution in [2.45, 2.75) is 45.4 Å². The molecular weight excluding hydrogens is 216 g/mol. The highest BCUT2D eigenvalue weighted by Crippen LogP contribution is 2.51. The lowest BCUT2D eigenvalue weighted by molar-refractivity contribution is -0.124. The third kappa shape index (κ3) is 2.32. The Morgan fingerprint density at radius 3 is 2.50 bits per heavy atom. The van der Waals surface area contributed by atoms with Crippen molar-refractivity contribution in [3.05, 3.63) is 0 Å². The lowest BCUT2D eigenvalue weighted by Crippen LogP contribution is -2.14. The number of alkyl halides is 1. The normalized spacial score (nSPS) is 19.2. The SMILES string of the molecule is CCC(=O)C1(CCCCBr)CC1. The minimum atomic E-state index is 0.150. The molecule has 0 atom stereocenters. The van der Waals surface area contributed by atoms with Gasteiger partial charge in [0, 0.05) is 17.2 Å². The molecule has 0 unspecified atom stereocenters. The van der Waals surface area contributed by atoms with Crippen LogP contribution >= 0.6 is 15.9 Å². The maximum Gasteiger partial charge on any atom is 0.138 e. The third-order valence-corrected chi connectivity index (χ3v) is 3.37. The van der Waals surface area contributed by atoms with E-state index in [1.54, 1.807) is 0 Å². The molecule has 0 amide bonds. The van der Waals surface area contributed by atoms with E-state index in [9.17, 15) is 4.79 Å². The monoisotopic (exact) mass is 232 g/mol. The van der Waals surface area contributed by atoms with Gasteiger partial charge < -0.3 is 0 Å². The molecule has 0 N–H and O–H groups in total. The number of carbonyl (C=O) groups is 1. The second-order valence-corrected chi connectivity index (χ2v) is 4.50. The first-order valence-corrected chi connectivity index (χ1v) is 5.96. The fourth-order valence-electron chi connectivity index (χ4n) is 1.75. The van der Waals surface area contributed by atoms with Crippen molar-refractivity contribution in [2.75, 3.05) is 5.33 Å². The van der Waals surface area contributed by atoms with Crippen LogP contribution in [0.25, 0.3) is 0 Å². The van der Waals surface area contributed by atoms with E-state index in [0.29, 0.717) is 5.78 Å². The standard InChI is InChI=1S/C10H17BrO/c1-2-9(12)10(6-7-10)5-3-4-8-11/h2-8H2,1H3. The molecule has 1 aliphatic carbocycles. The molecule has 0 aromatic rings. The Bertz CT molecular complexity index is 161. The Morgan fingerprint density at radius 1 is 1.42 bits per heavy atom. The van der Waals surface area contributed by atoms with Crippen molar-refractivity contribution >= 4 is 21.7 Å². The van der Waals surface area contributed by atoms with E-state index >= 15 is 0 Å². The summed E-state index contributed by atoms with van der Waals surface area (Å²) in [6.45, 7) is 1.98. The molecule has 0 aliphatic heterocycles. The number of Topliss-reactive ketones (excluding diaryl/α,β-unsaturated/α-hetero) is 1. The average molecular weight is 233 g/mol. The molecular formula is C10H17BrO. The first kappa shape index (κ1) is 10.2. The first-order chi connectivity index (χ1) is 5.75. The second-order valence-electron chi connectivity index (χ2n) is 3.70. The van der Waals surface area contributed by atoms with Gasteiger partial charge in [0.25, 0.3) is 0 Å². The number of carbonyl (C=O) groups excluding carboxylic acids is 1. The zero-order valence-corrected chi connectivity index (χ0v) is 9.32. The molecule has 1 saturated carbocycles. The van der Waals surface area contributed by atoms with Crippen molar-refractivity contribution in [1.29, 1.82) is 0 Å². The van der Waals surface area contributed by atoms with Crippen LogP contribution in [0.2, 0.25) is 0 Å². The molecule has 0 aromatic heterocycles. The highest BCUT2D eigenvalue weighted by Gasteiger charge is 2.47. The van der Waals surface area contributed by atoms with E-state index in [4.69, 9.17) is 0 Å². The van der Waals surface area contributed by atoms with Crippen LogP contribution in [0.1, 0.15) is 45.4 Å². The first-order valence-electron chi connectivity index (χ1n) is 4.84. The molecule has 0 aromatic carbocycles. The lowest BCUT2D eigenvalue weighted by Gasteiger charge is -2.11. The van der Waals surface area contributed by atoms with Crippen molar-refractivity contribution in [2.24, 2.45) is 5.41 Å². The molecule has 1 nitrogen and oxygen atoms in total. The molecule has 70 valence electrons. The van der Waals surface area contributed by atoms with Crippen LogP contribution in [0.3, 0.4) is 0 Å². The summed E-state index contributed by atoms with van der Waals surface area (Å²) in [5.41, 5.74) is 0.150. The summed E-state index contributed by atoms with van der Waals surface area (Å²) in [7, 11) is 0. The van der Waals surface area contributed by atoms with E-state index in [-0.39, 0.29) is 5.41 Å². The zero-order valence-electron chi connectivity index (χ0n) is 7.74. The molecule has 0 spiro atoms. The topological polar surface area (TPSA) is 17.1 Å². The fraction of sp³-hybridized carbons (Fsp3) is 0.900. The lowest BCUT2D eigenvalue weighted by atomic mass is 9.93. The number of rotatable bonds is 6. The molecule has 0 saturated heterocycles. The van der Waals surface area contributed by atoms with Gasteiger partial charge >= 0.3 is 0 Å². The van der Waals surface area contributed by atoms with Gasteiger partial charge in [-0.25, -0.2) is 0 Å². The van der Waals surface area contributed by atoms with Gasteiger partial charge in [0.2, 0.25) is 0 Å². The van der Waals surface area contributed by atoms with Crippen LogP contribution in [0.4, 0.5) is 0 Å². The van der Waals surface area contributed by atoms with Crippen LogP contribution in [0.5, 0.6) is 0 Å². The molecule has 1 fully saturated rings. The van der Waals surface area contributed by atoms with Gasteiger partial charge in [-0.3, -0.25) is 4.79 Å². The summed E-state index contributed by atoms with van der Waals surface area (Å²) in [5.74, 6) is 0.497. The minimum absolute atomic E-state index is 0.150. The predicted molar refractivity (Wildman–Crippen MR) is 54.6 cm³/mol. The quantitative estimate of drug-likeness (QED) is 0.508. The fourth-order valence-corrected chi connectivity index (χ4v) is 2.15. The molecule has 1 aliphatic rings. The van der Waals surface area contributed by atoms with Gasteiger partial charge in [-0.1, -0.05) is 29.3 Å². The van der Waals surface area contributed by atoms with Gasteiger partial charge in [0.15, 0.2) is 0 Å². The highest BCUT2D eigenvalue weighted by molar-refractivity contribution is 9.09. The zero-order chi connectivity index (χ0) is 9.03. The van der Waals surface area contributed by atoms with E-state index in [1.807, 2.05) is 6.92 Å². The Labute approximate surface area is 83.0 Å². The Hall–Kier alpha value is 0.150. The van der Waals surface area contributed by atoms with Gasteiger partial charge in [0.1, 0.15) is 5.78 Å². The number of hydrogen-bond acceptors (Lipinski definition) is 1. The maximum absolute atomic E-state index is 11.5. The average Bonchev–Trinajstić information content (AvgIpc) is 2.85. The van der Waals surface area contributed by atoms with Crippen LogP contribution in [0, 0.1) is 5.41 Å². The van der Waals surface area contributed by atoms with Crippen LogP contribution in [-0.2, 0) is 4.79 Å². The van der Waals surface area contributed by atoms with E-state index < -0.39 is 0 Å². The largest absolute Gasteiger partial charge is 0.299 e. The number of ketones is 1. The Balaban J connectivity index is 2.25. The second kappa shape index (κ2) is 4.40. The minimum Gasteiger partial charge on any atom is -0.299 e. The summed E-state index contributed by atoms with van der Waals surface area (Å²) < 4.78 is 0. The molecule has 2 heteroatoms. The van der Waals surface area contributed by atoms with E-state index in [1.165, 1.54) is 12.8 Å². The van der Waals surface area contributed by atoms with Crippen LogP contribution in [0.15, 0.2) is 0 Å². The van der Waals surface area contributed by atoms with Crippen molar-refractivity contribution in [3.8, 4) is 0 Å². The molecule has 0 radical (unpaired) electrons. The van der Waals surface area contributed by atoms with Crippen LogP contribution in [-0.4, -0.2) is 11.1 Å². The molecule has 12 heavy (non-hydrogen) atoms. The highest BCUT2D eigenvalue weighted by atomic mass is 79.9. The summed E-state index contributed by atoms with van der Waals surface area (Å²) in [6.07, 6.45) is 6.58. The van der Waals surface area contributed by atoms with Gasteiger partial charge in [-0.15, -0.1) is 0 Å². The molecule has 0 heterocycles. The summed E-state index contributed by atoms with van der Waals surface area (Å²) >= 11 is 3.41. The number of hydrogen-bond donors (Lipinski definition) is 0. The number of halogens is 1. The third-order valence-electron chi connectivity index (χ3n) is 2.81. The van der Waals surface area contributed by atoms with Gasteiger partial charge in [-0.05, 0) is 25.7 Å². The molecule has 1 rings (SSSR count). The maximum atomic E-state index is 11.5.